The Morgan fingerprint density at radius 2 is 2.07 bits per heavy atom. The van der Waals surface area contributed by atoms with Crippen LogP contribution in [0.15, 0.2) is 18.2 Å². The Morgan fingerprint density at radius 3 is 2.67 bits per heavy atom. The van der Waals surface area contributed by atoms with Crippen molar-refractivity contribution in [2.75, 3.05) is 0 Å². The Balaban J connectivity index is 2.81. The first kappa shape index (κ1) is 12.2. The number of halogens is 1. The van der Waals surface area contributed by atoms with E-state index in [1.807, 2.05) is 18.2 Å². The first-order chi connectivity index (χ1) is 7.19. The van der Waals surface area contributed by atoms with Crippen LogP contribution >= 0.6 is 0 Å². The lowest BCUT2D eigenvalue weighted by Crippen LogP contribution is -1.98. The van der Waals surface area contributed by atoms with Crippen molar-refractivity contribution >= 4 is 0 Å². The van der Waals surface area contributed by atoms with Crippen molar-refractivity contribution in [3.8, 4) is 0 Å². The molecule has 0 amide bonds. The minimum atomic E-state index is -0.353. The van der Waals surface area contributed by atoms with Crippen LogP contribution in [-0.4, -0.2) is 0 Å². The molecule has 0 radical (unpaired) electrons. The highest BCUT2D eigenvalue weighted by atomic mass is 19.1. The summed E-state index contributed by atoms with van der Waals surface area (Å²) in [5.74, 6) is 0.552. The maximum absolute atomic E-state index is 12.6. The predicted octanol–water partition coefficient (Wildman–Crippen LogP) is 4.76. The minimum Gasteiger partial charge on any atom is -0.246 e. The standard InChI is InChI=1S/C14H21F/c1-4-5-6-11(2)14-9-13(10-15)8-7-12(14)3/h7-9,11H,4-6,10H2,1-3H3/t11-/m1/s1. The van der Waals surface area contributed by atoms with Crippen molar-refractivity contribution in [1.29, 1.82) is 0 Å². The molecule has 0 bridgehead atoms. The summed E-state index contributed by atoms with van der Waals surface area (Å²) >= 11 is 0. The number of rotatable bonds is 5. The van der Waals surface area contributed by atoms with Gasteiger partial charge >= 0.3 is 0 Å². The summed E-state index contributed by atoms with van der Waals surface area (Å²) in [4.78, 5) is 0. The molecular weight excluding hydrogens is 187 g/mol. The summed E-state index contributed by atoms with van der Waals surface area (Å²) in [6.07, 6.45) is 3.68. The average molecular weight is 208 g/mol. The second-order valence-corrected chi connectivity index (χ2v) is 4.37. The van der Waals surface area contributed by atoms with Crippen molar-refractivity contribution < 1.29 is 4.39 Å². The molecule has 0 heterocycles. The molecule has 1 heteroatoms. The summed E-state index contributed by atoms with van der Waals surface area (Å²) in [5.41, 5.74) is 3.41. The van der Waals surface area contributed by atoms with Gasteiger partial charge in [0.25, 0.3) is 0 Å². The molecule has 0 N–H and O–H groups in total. The monoisotopic (exact) mass is 208 g/mol. The summed E-state index contributed by atoms with van der Waals surface area (Å²) in [5, 5.41) is 0. The molecule has 0 nitrogen and oxygen atoms in total. The lowest BCUT2D eigenvalue weighted by atomic mass is 9.91. The van der Waals surface area contributed by atoms with Gasteiger partial charge in [-0.25, -0.2) is 4.39 Å². The highest BCUT2D eigenvalue weighted by Crippen LogP contribution is 2.25. The van der Waals surface area contributed by atoms with Crippen molar-refractivity contribution in [2.24, 2.45) is 0 Å². The second kappa shape index (κ2) is 5.89. The molecule has 0 saturated heterocycles. The maximum Gasteiger partial charge on any atom is 0.115 e. The summed E-state index contributed by atoms with van der Waals surface area (Å²) in [7, 11) is 0. The Morgan fingerprint density at radius 1 is 1.33 bits per heavy atom. The van der Waals surface area contributed by atoms with E-state index in [-0.39, 0.29) is 6.67 Å². The van der Waals surface area contributed by atoms with Gasteiger partial charge in [-0.15, -0.1) is 0 Å². The maximum atomic E-state index is 12.6. The molecule has 0 aliphatic heterocycles. The average Bonchev–Trinajstić information content (AvgIpc) is 2.26. The quantitative estimate of drug-likeness (QED) is 0.654. The van der Waals surface area contributed by atoms with Gasteiger partial charge in [-0.05, 0) is 36.0 Å². The van der Waals surface area contributed by atoms with E-state index < -0.39 is 0 Å². The third-order valence-electron chi connectivity index (χ3n) is 3.02. The smallest absolute Gasteiger partial charge is 0.115 e. The molecule has 0 fully saturated rings. The van der Waals surface area contributed by atoms with Gasteiger partial charge in [0, 0.05) is 0 Å². The lowest BCUT2D eigenvalue weighted by molar-refractivity contribution is 0.484. The van der Waals surface area contributed by atoms with Crippen LogP contribution in [-0.2, 0) is 6.67 Å². The Labute approximate surface area is 92.5 Å². The van der Waals surface area contributed by atoms with Crippen molar-refractivity contribution in [1.82, 2.24) is 0 Å². The molecule has 84 valence electrons. The van der Waals surface area contributed by atoms with Crippen LogP contribution in [0.4, 0.5) is 4.39 Å². The van der Waals surface area contributed by atoms with Crippen LogP contribution in [0.1, 0.15) is 55.7 Å². The SMILES string of the molecule is CCCC[C@@H](C)c1cc(CF)ccc1C. The molecule has 0 saturated carbocycles. The van der Waals surface area contributed by atoms with E-state index >= 15 is 0 Å². The number of alkyl halides is 1. The minimum absolute atomic E-state index is 0.353. The van der Waals surface area contributed by atoms with Gasteiger partial charge in [0.15, 0.2) is 0 Å². The highest BCUT2D eigenvalue weighted by Gasteiger charge is 2.08. The van der Waals surface area contributed by atoms with E-state index in [4.69, 9.17) is 0 Å². The highest BCUT2D eigenvalue weighted by molar-refractivity contribution is 5.33. The largest absolute Gasteiger partial charge is 0.246 e. The second-order valence-electron chi connectivity index (χ2n) is 4.37. The molecule has 0 spiro atoms. The Bertz CT molecular complexity index is 304. The fraction of sp³-hybridized carbons (Fsp3) is 0.571. The van der Waals surface area contributed by atoms with E-state index in [0.717, 1.165) is 5.56 Å². The molecular formula is C14H21F. The number of aryl methyl sites for hydroxylation is 1. The summed E-state index contributed by atoms with van der Waals surface area (Å²) in [6.45, 7) is 6.20. The van der Waals surface area contributed by atoms with Crippen LogP contribution in [0.3, 0.4) is 0 Å². The van der Waals surface area contributed by atoms with Gasteiger partial charge in [0.2, 0.25) is 0 Å². The zero-order valence-corrected chi connectivity index (χ0v) is 10.0. The predicted molar refractivity (Wildman–Crippen MR) is 63.9 cm³/mol. The van der Waals surface area contributed by atoms with Crippen molar-refractivity contribution in [3.63, 3.8) is 0 Å². The number of hydrogen-bond acceptors (Lipinski definition) is 0. The van der Waals surface area contributed by atoms with E-state index in [0.29, 0.717) is 5.92 Å². The first-order valence-corrected chi connectivity index (χ1v) is 5.84. The van der Waals surface area contributed by atoms with Crippen LogP contribution in [0, 0.1) is 6.92 Å². The van der Waals surface area contributed by atoms with Crippen molar-refractivity contribution in [2.45, 2.75) is 52.6 Å². The van der Waals surface area contributed by atoms with E-state index in [9.17, 15) is 4.39 Å². The molecule has 0 unspecified atom stereocenters. The van der Waals surface area contributed by atoms with Gasteiger partial charge in [-0.2, -0.15) is 0 Å². The zero-order valence-electron chi connectivity index (χ0n) is 10.0. The number of benzene rings is 1. The third-order valence-corrected chi connectivity index (χ3v) is 3.02. The topological polar surface area (TPSA) is 0 Å². The van der Waals surface area contributed by atoms with Gasteiger partial charge in [0.1, 0.15) is 6.67 Å². The summed E-state index contributed by atoms with van der Waals surface area (Å²) < 4.78 is 12.6. The van der Waals surface area contributed by atoms with Gasteiger partial charge in [-0.3, -0.25) is 0 Å². The van der Waals surface area contributed by atoms with E-state index in [1.54, 1.807) is 0 Å². The first-order valence-electron chi connectivity index (χ1n) is 5.84. The lowest BCUT2D eigenvalue weighted by Gasteiger charge is -2.15. The zero-order chi connectivity index (χ0) is 11.3. The van der Waals surface area contributed by atoms with Crippen LogP contribution in [0.5, 0.6) is 0 Å². The molecule has 0 aromatic heterocycles. The van der Waals surface area contributed by atoms with Gasteiger partial charge in [0.05, 0.1) is 0 Å². The fourth-order valence-electron chi connectivity index (χ4n) is 1.97. The molecule has 0 aliphatic carbocycles. The molecule has 1 atom stereocenters. The normalized spacial score (nSPS) is 12.8. The van der Waals surface area contributed by atoms with E-state index in [2.05, 4.69) is 20.8 Å². The van der Waals surface area contributed by atoms with Crippen LogP contribution in [0.25, 0.3) is 0 Å². The Hall–Kier alpha value is -0.850. The molecule has 15 heavy (non-hydrogen) atoms. The molecule has 0 aliphatic rings. The third kappa shape index (κ3) is 3.33. The van der Waals surface area contributed by atoms with E-state index in [1.165, 1.54) is 30.4 Å². The molecule has 1 aromatic carbocycles. The van der Waals surface area contributed by atoms with Crippen LogP contribution in [0.2, 0.25) is 0 Å². The van der Waals surface area contributed by atoms with Crippen LogP contribution < -0.4 is 0 Å². The van der Waals surface area contributed by atoms with Gasteiger partial charge < -0.3 is 0 Å². The summed E-state index contributed by atoms with van der Waals surface area (Å²) in [6, 6.07) is 5.94. The molecule has 1 aromatic rings. The number of hydrogen-bond donors (Lipinski definition) is 0. The number of unbranched alkanes of at least 4 members (excludes halogenated alkanes) is 1. The molecule has 1 rings (SSSR count). The Kier molecular flexibility index (Phi) is 4.80. The van der Waals surface area contributed by atoms with Crippen molar-refractivity contribution in [3.05, 3.63) is 34.9 Å². The van der Waals surface area contributed by atoms with Gasteiger partial charge in [-0.1, -0.05) is 44.9 Å². The fourth-order valence-corrected chi connectivity index (χ4v) is 1.97.